The number of carbonyl (C=O) groups is 1. The number of hydrogen-bond donors (Lipinski definition) is 1. The molecule has 1 aliphatic heterocycles. The number of carbonyl (C=O) groups excluding carboxylic acids is 1. The zero-order chi connectivity index (χ0) is 10.4. The molecule has 0 saturated carbocycles. The van der Waals surface area contributed by atoms with Crippen molar-refractivity contribution in [3.63, 3.8) is 0 Å². The van der Waals surface area contributed by atoms with E-state index in [0.717, 1.165) is 19.4 Å². The van der Waals surface area contributed by atoms with Gasteiger partial charge in [-0.3, -0.25) is 4.79 Å². The van der Waals surface area contributed by atoms with E-state index in [0.29, 0.717) is 19.8 Å². The van der Waals surface area contributed by atoms with Crippen LogP contribution in [0.4, 0.5) is 0 Å². The Morgan fingerprint density at radius 3 is 3.00 bits per heavy atom. The molecular weight excluding hydrogens is 180 g/mol. The minimum absolute atomic E-state index is 0.0432. The molecule has 0 aromatic heterocycles. The predicted octanol–water partition coefficient (Wildman–Crippen LogP) is 0.233. The Labute approximate surface area is 85.6 Å². The van der Waals surface area contributed by atoms with Gasteiger partial charge in [0.15, 0.2) is 0 Å². The number of hydrogen-bond acceptors (Lipinski definition) is 3. The smallest absolute Gasteiger partial charge is 0.239 e. The molecule has 0 spiro atoms. The average molecular weight is 200 g/mol. The molecule has 1 amide bonds. The number of nitrogens with one attached hydrogen (secondary N) is 1. The number of rotatable bonds is 5. The van der Waals surface area contributed by atoms with Crippen LogP contribution in [0.25, 0.3) is 0 Å². The third-order valence-corrected chi connectivity index (χ3v) is 2.51. The van der Waals surface area contributed by atoms with Gasteiger partial charge in [-0.15, -0.1) is 0 Å². The molecule has 0 bridgehead atoms. The maximum absolute atomic E-state index is 11.7. The Morgan fingerprint density at radius 1 is 1.64 bits per heavy atom. The second-order valence-electron chi connectivity index (χ2n) is 3.61. The highest BCUT2D eigenvalue weighted by Gasteiger charge is 2.24. The molecule has 0 aromatic carbocycles. The summed E-state index contributed by atoms with van der Waals surface area (Å²) in [4.78, 5) is 13.5. The van der Waals surface area contributed by atoms with E-state index in [9.17, 15) is 4.79 Å². The topological polar surface area (TPSA) is 41.6 Å². The fraction of sp³-hybridized carbons (Fsp3) is 0.900. The highest BCUT2D eigenvalue weighted by molar-refractivity contribution is 5.81. The molecular formula is C10H20N2O2. The number of likely N-dealkylation sites (N-methyl/N-ethyl adjacent to an activating group) is 1. The molecule has 82 valence electrons. The maximum atomic E-state index is 11.7. The molecule has 0 unspecified atom stereocenters. The molecule has 1 N–H and O–H groups in total. The van der Waals surface area contributed by atoms with Crippen LogP contribution in [-0.4, -0.2) is 50.2 Å². The molecule has 1 rings (SSSR count). The molecule has 0 aliphatic carbocycles. The lowest BCUT2D eigenvalue weighted by atomic mass is 10.2. The van der Waals surface area contributed by atoms with Gasteiger partial charge in [-0.1, -0.05) is 0 Å². The zero-order valence-corrected chi connectivity index (χ0v) is 9.08. The van der Waals surface area contributed by atoms with E-state index in [-0.39, 0.29) is 11.9 Å². The van der Waals surface area contributed by atoms with Crippen LogP contribution in [0.1, 0.15) is 19.8 Å². The van der Waals surface area contributed by atoms with Gasteiger partial charge < -0.3 is 15.0 Å². The molecule has 0 aromatic rings. The molecule has 14 heavy (non-hydrogen) atoms. The first kappa shape index (κ1) is 11.5. The molecule has 1 heterocycles. The molecule has 1 saturated heterocycles. The van der Waals surface area contributed by atoms with E-state index in [1.165, 1.54) is 0 Å². The molecule has 4 heteroatoms. The summed E-state index contributed by atoms with van der Waals surface area (Å²) in [7, 11) is 1.83. The third kappa shape index (κ3) is 3.27. The van der Waals surface area contributed by atoms with Crippen molar-refractivity contribution in [2.24, 2.45) is 0 Å². The third-order valence-electron chi connectivity index (χ3n) is 2.51. The quantitative estimate of drug-likeness (QED) is 0.646. The van der Waals surface area contributed by atoms with Gasteiger partial charge in [-0.25, -0.2) is 0 Å². The Bertz CT molecular complexity index is 179. The Morgan fingerprint density at radius 2 is 2.43 bits per heavy atom. The van der Waals surface area contributed by atoms with Gasteiger partial charge in [0, 0.05) is 20.2 Å². The van der Waals surface area contributed by atoms with E-state index >= 15 is 0 Å². The van der Waals surface area contributed by atoms with Crippen molar-refractivity contribution in [2.75, 3.05) is 33.4 Å². The summed E-state index contributed by atoms with van der Waals surface area (Å²) in [6, 6.07) is 0.0432. The van der Waals surface area contributed by atoms with E-state index in [1.807, 2.05) is 14.0 Å². The fourth-order valence-corrected chi connectivity index (χ4v) is 1.62. The van der Waals surface area contributed by atoms with Gasteiger partial charge in [0.1, 0.15) is 0 Å². The van der Waals surface area contributed by atoms with Crippen LogP contribution >= 0.6 is 0 Å². The van der Waals surface area contributed by atoms with Gasteiger partial charge >= 0.3 is 0 Å². The highest BCUT2D eigenvalue weighted by atomic mass is 16.5. The standard InChI is InChI=1S/C10H20N2O2/c1-3-14-8-7-12(2)10(13)9-5-4-6-11-9/h9,11H,3-8H2,1-2H3/t9-/m0/s1. The predicted molar refractivity (Wildman–Crippen MR) is 55.2 cm³/mol. The summed E-state index contributed by atoms with van der Waals surface area (Å²) in [5, 5.41) is 3.20. The SMILES string of the molecule is CCOCCN(C)C(=O)[C@@H]1CCCN1. The molecule has 1 atom stereocenters. The van der Waals surface area contributed by atoms with Crippen molar-refractivity contribution in [2.45, 2.75) is 25.8 Å². The summed E-state index contributed by atoms with van der Waals surface area (Å²) in [5.41, 5.74) is 0. The second kappa shape index (κ2) is 5.98. The number of amides is 1. The van der Waals surface area contributed by atoms with Gasteiger partial charge in [-0.05, 0) is 26.3 Å². The normalized spacial score (nSPS) is 21.1. The number of nitrogens with zero attached hydrogens (tertiary/aromatic N) is 1. The molecule has 1 fully saturated rings. The van der Waals surface area contributed by atoms with E-state index in [2.05, 4.69) is 5.32 Å². The van der Waals surface area contributed by atoms with Crippen molar-refractivity contribution < 1.29 is 9.53 Å². The zero-order valence-electron chi connectivity index (χ0n) is 9.08. The molecule has 1 aliphatic rings. The van der Waals surface area contributed by atoms with Crippen LogP contribution in [0.15, 0.2) is 0 Å². The van der Waals surface area contributed by atoms with Crippen LogP contribution in [0.3, 0.4) is 0 Å². The average Bonchev–Trinajstić information content (AvgIpc) is 2.69. The summed E-state index contributed by atoms with van der Waals surface area (Å²) in [6.45, 7) is 4.95. The summed E-state index contributed by atoms with van der Waals surface area (Å²) >= 11 is 0. The summed E-state index contributed by atoms with van der Waals surface area (Å²) in [5.74, 6) is 0.196. The van der Waals surface area contributed by atoms with Crippen LogP contribution in [0.2, 0.25) is 0 Å². The van der Waals surface area contributed by atoms with Crippen molar-refractivity contribution in [3.05, 3.63) is 0 Å². The van der Waals surface area contributed by atoms with Crippen molar-refractivity contribution >= 4 is 5.91 Å². The minimum Gasteiger partial charge on any atom is -0.380 e. The van der Waals surface area contributed by atoms with E-state index in [1.54, 1.807) is 4.90 Å². The second-order valence-corrected chi connectivity index (χ2v) is 3.61. The van der Waals surface area contributed by atoms with Crippen molar-refractivity contribution in [1.82, 2.24) is 10.2 Å². The van der Waals surface area contributed by atoms with Crippen LogP contribution in [-0.2, 0) is 9.53 Å². The first-order chi connectivity index (χ1) is 6.75. The Kier molecular flexibility index (Phi) is 4.90. The Hall–Kier alpha value is -0.610. The lowest BCUT2D eigenvalue weighted by Crippen LogP contribution is -2.42. The maximum Gasteiger partial charge on any atom is 0.239 e. The number of ether oxygens (including phenoxy) is 1. The Balaban J connectivity index is 2.21. The van der Waals surface area contributed by atoms with Gasteiger partial charge in [0.25, 0.3) is 0 Å². The van der Waals surface area contributed by atoms with Gasteiger partial charge in [0.05, 0.1) is 12.6 Å². The van der Waals surface area contributed by atoms with Crippen LogP contribution < -0.4 is 5.32 Å². The van der Waals surface area contributed by atoms with Gasteiger partial charge in [0.2, 0.25) is 5.91 Å². The van der Waals surface area contributed by atoms with Crippen LogP contribution in [0.5, 0.6) is 0 Å². The highest BCUT2D eigenvalue weighted by Crippen LogP contribution is 2.07. The van der Waals surface area contributed by atoms with Crippen molar-refractivity contribution in [1.29, 1.82) is 0 Å². The van der Waals surface area contributed by atoms with E-state index < -0.39 is 0 Å². The first-order valence-corrected chi connectivity index (χ1v) is 5.31. The summed E-state index contributed by atoms with van der Waals surface area (Å²) in [6.07, 6.45) is 2.08. The van der Waals surface area contributed by atoms with Gasteiger partial charge in [-0.2, -0.15) is 0 Å². The van der Waals surface area contributed by atoms with Crippen LogP contribution in [0, 0.1) is 0 Å². The minimum atomic E-state index is 0.0432. The monoisotopic (exact) mass is 200 g/mol. The lowest BCUT2D eigenvalue weighted by molar-refractivity contribution is -0.132. The molecule has 0 radical (unpaired) electrons. The summed E-state index contributed by atoms with van der Waals surface area (Å²) < 4.78 is 5.20. The first-order valence-electron chi connectivity index (χ1n) is 5.31. The van der Waals surface area contributed by atoms with E-state index in [4.69, 9.17) is 4.74 Å². The lowest BCUT2D eigenvalue weighted by Gasteiger charge is -2.20. The molecule has 4 nitrogen and oxygen atoms in total. The largest absolute Gasteiger partial charge is 0.380 e. The van der Waals surface area contributed by atoms with Crippen molar-refractivity contribution in [3.8, 4) is 0 Å². The fourth-order valence-electron chi connectivity index (χ4n) is 1.62.